The molecule has 2 aromatic carbocycles. The third-order valence-corrected chi connectivity index (χ3v) is 3.75. The van der Waals surface area contributed by atoms with E-state index in [0.29, 0.717) is 5.76 Å². The molecule has 0 amide bonds. The quantitative estimate of drug-likeness (QED) is 0.836. The lowest BCUT2D eigenvalue weighted by atomic mass is 9.70. The van der Waals surface area contributed by atoms with Gasteiger partial charge in [0.15, 0.2) is 0 Å². The molecule has 0 bridgehead atoms. The minimum absolute atomic E-state index is 0.172. The summed E-state index contributed by atoms with van der Waals surface area (Å²) in [6.45, 7) is 0. The molecule has 0 saturated heterocycles. The Bertz CT molecular complexity index is 569. The molecule has 0 fully saturated rings. The molecule has 1 heteroatoms. The topological polar surface area (TPSA) is 20.2 Å². The molecule has 1 N–H and O–H groups in total. The zero-order valence-electron chi connectivity index (χ0n) is 10.7. The second-order valence-corrected chi connectivity index (χ2v) is 4.87. The van der Waals surface area contributed by atoms with Gasteiger partial charge in [0.25, 0.3) is 0 Å². The summed E-state index contributed by atoms with van der Waals surface area (Å²) in [6.07, 6.45) is 6.57. The van der Waals surface area contributed by atoms with Gasteiger partial charge in [-0.3, -0.25) is 0 Å². The van der Waals surface area contributed by atoms with Gasteiger partial charge in [-0.2, -0.15) is 0 Å². The average Bonchev–Trinajstić information content (AvgIpc) is 2.50. The SMILES string of the molecule is OC1=CCC(c2ccccc2)(c2ccccc2)C=C1. The first-order valence-electron chi connectivity index (χ1n) is 6.51. The molecule has 19 heavy (non-hydrogen) atoms. The fourth-order valence-electron chi connectivity index (χ4n) is 2.70. The van der Waals surface area contributed by atoms with Crippen LogP contribution in [0.15, 0.2) is 84.7 Å². The van der Waals surface area contributed by atoms with Crippen LogP contribution in [-0.2, 0) is 5.41 Å². The van der Waals surface area contributed by atoms with E-state index >= 15 is 0 Å². The van der Waals surface area contributed by atoms with Gasteiger partial charge in [-0.15, -0.1) is 0 Å². The maximum absolute atomic E-state index is 9.61. The van der Waals surface area contributed by atoms with Crippen LogP contribution >= 0.6 is 0 Å². The number of aliphatic hydroxyl groups is 1. The van der Waals surface area contributed by atoms with Gasteiger partial charge in [-0.25, -0.2) is 0 Å². The van der Waals surface area contributed by atoms with Crippen molar-refractivity contribution in [2.75, 3.05) is 0 Å². The van der Waals surface area contributed by atoms with E-state index in [1.54, 1.807) is 6.08 Å². The highest BCUT2D eigenvalue weighted by Crippen LogP contribution is 2.39. The molecule has 0 aliphatic heterocycles. The molecule has 0 unspecified atom stereocenters. The van der Waals surface area contributed by atoms with Gasteiger partial charge < -0.3 is 5.11 Å². The third kappa shape index (κ3) is 2.08. The molecule has 0 aromatic heterocycles. The number of aliphatic hydroxyl groups excluding tert-OH is 1. The summed E-state index contributed by atoms with van der Waals surface area (Å²) < 4.78 is 0. The molecule has 0 saturated carbocycles. The monoisotopic (exact) mass is 248 g/mol. The second-order valence-electron chi connectivity index (χ2n) is 4.87. The van der Waals surface area contributed by atoms with Gasteiger partial charge in [-0.1, -0.05) is 66.7 Å². The van der Waals surface area contributed by atoms with Crippen molar-refractivity contribution in [2.45, 2.75) is 11.8 Å². The number of benzene rings is 2. The summed E-state index contributed by atoms with van der Waals surface area (Å²) >= 11 is 0. The van der Waals surface area contributed by atoms with E-state index in [2.05, 4.69) is 54.6 Å². The molecular weight excluding hydrogens is 232 g/mol. The van der Waals surface area contributed by atoms with Crippen molar-refractivity contribution in [1.82, 2.24) is 0 Å². The Morgan fingerprint density at radius 3 is 1.74 bits per heavy atom. The second kappa shape index (κ2) is 4.77. The molecule has 0 radical (unpaired) electrons. The van der Waals surface area contributed by atoms with E-state index in [1.165, 1.54) is 11.1 Å². The molecule has 0 spiro atoms. The summed E-state index contributed by atoms with van der Waals surface area (Å²) in [5, 5.41) is 9.61. The van der Waals surface area contributed by atoms with Crippen molar-refractivity contribution in [3.8, 4) is 0 Å². The lowest BCUT2D eigenvalue weighted by Gasteiger charge is -2.33. The van der Waals surface area contributed by atoms with Crippen LogP contribution in [0, 0.1) is 0 Å². The maximum Gasteiger partial charge on any atom is 0.111 e. The minimum Gasteiger partial charge on any atom is -0.508 e. The van der Waals surface area contributed by atoms with Gasteiger partial charge >= 0.3 is 0 Å². The van der Waals surface area contributed by atoms with Crippen LogP contribution in [0.25, 0.3) is 0 Å². The van der Waals surface area contributed by atoms with Crippen molar-refractivity contribution in [3.63, 3.8) is 0 Å². The molecule has 2 aromatic rings. The Morgan fingerprint density at radius 1 is 0.789 bits per heavy atom. The van der Waals surface area contributed by atoms with Gasteiger partial charge in [-0.05, 0) is 29.7 Å². The van der Waals surface area contributed by atoms with E-state index < -0.39 is 0 Å². The predicted octanol–water partition coefficient (Wildman–Crippen LogP) is 4.37. The average molecular weight is 248 g/mol. The summed E-state index contributed by atoms with van der Waals surface area (Å²) in [5.41, 5.74) is 2.33. The predicted molar refractivity (Wildman–Crippen MR) is 78.1 cm³/mol. The van der Waals surface area contributed by atoms with Crippen molar-refractivity contribution in [1.29, 1.82) is 0 Å². The van der Waals surface area contributed by atoms with Crippen LogP contribution in [0.5, 0.6) is 0 Å². The summed E-state index contributed by atoms with van der Waals surface area (Å²) in [6, 6.07) is 20.9. The summed E-state index contributed by atoms with van der Waals surface area (Å²) in [4.78, 5) is 0. The molecular formula is C18H16O. The molecule has 0 atom stereocenters. The maximum atomic E-state index is 9.61. The van der Waals surface area contributed by atoms with Crippen LogP contribution in [0.2, 0.25) is 0 Å². The molecule has 1 aliphatic carbocycles. The van der Waals surface area contributed by atoms with Crippen molar-refractivity contribution in [2.24, 2.45) is 0 Å². The zero-order chi connectivity index (χ0) is 13.1. The van der Waals surface area contributed by atoms with Crippen LogP contribution in [0.3, 0.4) is 0 Å². The normalized spacial score (nSPS) is 16.9. The lowest BCUT2D eigenvalue weighted by Crippen LogP contribution is -2.26. The van der Waals surface area contributed by atoms with Crippen molar-refractivity contribution >= 4 is 0 Å². The Labute approximate surface area is 113 Å². The molecule has 94 valence electrons. The van der Waals surface area contributed by atoms with Crippen LogP contribution in [0.1, 0.15) is 17.5 Å². The minimum atomic E-state index is -0.172. The Hall–Kier alpha value is -2.28. The summed E-state index contributed by atoms with van der Waals surface area (Å²) in [5.74, 6) is 0.350. The van der Waals surface area contributed by atoms with Crippen molar-refractivity contribution < 1.29 is 5.11 Å². The molecule has 0 heterocycles. The highest BCUT2D eigenvalue weighted by Gasteiger charge is 2.32. The Kier molecular flexibility index (Phi) is 2.96. The lowest BCUT2D eigenvalue weighted by molar-refractivity contribution is 0.420. The van der Waals surface area contributed by atoms with Gasteiger partial charge in [0.2, 0.25) is 0 Å². The zero-order valence-corrected chi connectivity index (χ0v) is 10.7. The standard InChI is InChI=1S/C18H16O/c19-17-11-13-18(14-12-17,15-7-3-1-4-8-15)16-9-5-2-6-10-16/h1-13,19H,14H2. The van der Waals surface area contributed by atoms with E-state index in [1.807, 2.05) is 18.2 Å². The fraction of sp³-hybridized carbons (Fsp3) is 0.111. The van der Waals surface area contributed by atoms with E-state index in [-0.39, 0.29) is 5.41 Å². The van der Waals surface area contributed by atoms with Crippen molar-refractivity contribution in [3.05, 3.63) is 95.8 Å². The van der Waals surface area contributed by atoms with Gasteiger partial charge in [0.1, 0.15) is 5.76 Å². The first kappa shape index (κ1) is 11.8. The smallest absolute Gasteiger partial charge is 0.111 e. The molecule has 1 nitrogen and oxygen atoms in total. The van der Waals surface area contributed by atoms with E-state index in [4.69, 9.17) is 0 Å². The van der Waals surface area contributed by atoms with E-state index in [0.717, 1.165) is 6.42 Å². The Morgan fingerprint density at radius 2 is 1.32 bits per heavy atom. The van der Waals surface area contributed by atoms with Crippen LogP contribution in [0.4, 0.5) is 0 Å². The van der Waals surface area contributed by atoms with Crippen LogP contribution in [-0.4, -0.2) is 5.11 Å². The summed E-state index contributed by atoms with van der Waals surface area (Å²) in [7, 11) is 0. The fourth-order valence-corrected chi connectivity index (χ4v) is 2.70. The highest BCUT2D eigenvalue weighted by molar-refractivity contribution is 5.48. The number of hydrogen-bond acceptors (Lipinski definition) is 1. The number of rotatable bonds is 2. The first-order chi connectivity index (χ1) is 9.31. The van der Waals surface area contributed by atoms with Gasteiger partial charge in [0, 0.05) is 5.41 Å². The van der Waals surface area contributed by atoms with E-state index in [9.17, 15) is 5.11 Å². The number of hydrogen-bond donors (Lipinski definition) is 1. The van der Waals surface area contributed by atoms with Gasteiger partial charge in [0.05, 0.1) is 0 Å². The van der Waals surface area contributed by atoms with Crippen LogP contribution < -0.4 is 0 Å². The molecule has 1 aliphatic rings. The first-order valence-corrected chi connectivity index (χ1v) is 6.51. The third-order valence-electron chi connectivity index (χ3n) is 3.75. The largest absolute Gasteiger partial charge is 0.508 e. The highest BCUT2D eigenvalue weighted by atomic mass is 16.3. The molecule has 3 rings (SSSR count). The number of allylic oxidation sites excluding steroid dienone is 3. The Balaban J connectivity index is 2.16.